The molecule has 2 heterocycles. The van der Waals surface area contributed by atoms with E-state index in [9.17, 15) is 9.18 Å². The third kappa shape index (κ3) is 3.09. The number of rotatable bonds is 3. The zero-order valence-electron chi connectivity index (χ0n) is 12.1. The molecule has 2 aliphatic rings. The summed E-state index contributed by atoms with van der Waals surface area (Å²) in [6.45, 7) is 3.33. The zero-order chi connectivity index (χ0) is 14.9. The SMILES string of the molecule is CC(=O)c1cc(F)ccc1OC1CCOC2(CCOC2)C1. The predicted molar refractivity (Wildman–Crippen MR) is 74.2 cm³/mol. The average molecular weight is 294 g/mol. The first kappa shape index (κ1) is 14.5. The van der Waals surface area contributed by atoms with Crippen molar-refractivity contribution in [2.75, 3.05) is 19.8 Å². The topological polar surface area (TPSA) is 44.8 Å². The van der Waals surface area contributed by atoms with E-state index in [0.717, 1.165) is 19.3 Å². The Hall–Kier alpha value is -1.46. The molecule has 0 aromatic heterocycles. The molecular formula is C16H19FO4. The average Bonchev–Trinajstić information content (AvgIpc) is 2.88. The molecule has 5 heteroatoms. The standard InChI is InChI=1S/C16H19FO4/c1-11(18)14-8-12(17)2-3-15(14)21-13-4-6-20-16(9-13)5-7-19-10-16/h2-3,8,13H,4-7,9-10H2,1H3. The Morgan fingerprint density at radius 3 is 3.00 bits per heavy atom. The van der Waals surface area contributed by atoms with Crippen LogP contribution in [-0.4, -0.2) is 37.3 Å². The van der Waals surface area contributed by atoms with E-state index in [1.54, 1.807) is 0 Å². The van der Waals surface area contributed by atoms with Crippen LogP contribution >= 0.6 is 0 Å². The number of benzene rings is 1. The first-order chi connectivity index (χ1) is 10.1. The maximum absolute atomic E-state index is 13.3. The highest BCUT2D eigenvalue weighted by molar-refractivity contribution is 5.96. The van der Waals surface area contributed by atoms with Gasteiger partial charge in [-0.15, -0.1) is 0 Å². The van der Waals surface area contributed by atoms with E-state index in [0.29, 0.717) is 31.1 Å². The summed E-state index contributed by atoms with van der Waals surface area (Å²) in [4.78, 5) is 11.6. The molecule has 114 valence electrons. The lowest BCUT2D eigenvalue weighted by Crippen LogP contribution is -2.44. The van der Waals surface area contributed by atoms with Crippen LogP contribution in [0.3, 0.4) is 0 Å². The van der Waals surface area contributed by atoms with Gasteiger partial charge >= 0.3 is 0 Å². The minimum atomic E-state index is -0.430. The van der Waals surface area contributed by atoms with Gasteiger partial charge in [0, 0.05) is 25.9 Å². The second-order valence-electron chi connectivity index (χ2n) is 5.76. The van der Waals surface area contributed by atoms with Crippen LogP contribution in [0.4, 0.5) is 4.39 Å². The lowest BCUT2D eigenvalue weighted by atomic mass is 9.91. The Bertz CT molecular complexity index is 537. The fraction of sp³-hybridized carbons (Fsp3) is 0.562. The van der Waals surface area contributed by atoms with E-state index in [2.05, 4.69) is 0 Å². The summed E-state index contributed by atoms with van der Waals surface area (Å²) in [7, 11) is 0. The lowest BCUT2D eigenvalue weighted by molar-refractivity contribution is -0.112. The van der Waals surface area contributed by atoms with Crippen LogP contribution in [-0.2, 0) is 9.47 Å². The summed E-state index contributed by atoms with van der Waals surface area (Å²) in [5, 5.41) is 0. The molecule has 2 aliphatic heterocycles. The van der Waals surface area contributed by atoms with Gasteiger partial charge in [0.2, 0.25) is 0 Å². The number of Topliss-reactive ketones (excluding diaryl/α,β-unsaturated/α-hetero) is 1. The van der Waals surface area contributed by atoms with Gasteiger partial charge in [0.05, 0.1) is 24.4 Å². The number of carbonyl (C=O) groups is 1. The van der Waals surface area contributed by atoms with Gasteiger partial charge < -0.3 is 14.2 Å². The predicted octanol–water partition coefficient (Wildman–Crippen LogP) is 2.75. The molecule has 1 aromatic rings. The van der Waals surface area contributed by atoms with Gasteiger partial charge in [-0.2, -0.15) is 0 Å². The molecule has 2 unspecified atom stereocenters. The Balaban J connectivity index is 1.75. The third-order valence-corrected chi connectivity index (χ3v) is 4.13. The van der Waals surface area contributed by atoms with Crippen molar-refractivity contribution in [3.05, 3.63) is 29.6 Å². The van der Waals surface area contributed by atoms with Crippen LogP contribution in [0.25, 0.3) is 0 Å². The van der Waals surface area contributed by atoms with E-state index >= 15 is 0 Å². The van der Waals surface area contributed by atoms with Crippen molar-refractivity contribution in [2.45, 2.75) is 37.9 Å². The Labute approximate surface area is 123 Å². The number of hydrogen-bond donors (Lipinski definition) is 0. The van der Waals surface area contributed by atoms with Crippen molar-refractivity contribution >= 4 is 5.78 Å². The number of ether oxygens (including phenoxy) is 3. The van der Waals surface area contributed by atoms with Crippen LogP contribution in [0.2, 0.25) is 0 Å². The maximum atomic E-state index is 13.3. The highest BCUT2D eigenvalue weighted by Crippen LogP contribution is 2.35. The zero-order valence-corrected chi connectivity index (χ0v) is 12.1. The smallest absolute Gasteiger partial charge is 0.163 e. The highest BCUT2D eigenvalue weighted by atomic mass is 19.1. The molecular weight excluding hydrogens is 275 g/mol. The molecule has 2 fully saturated rings. The van der Waals surface area contributed by atoms with E-state index in [1.165, 1.54) is 25.1 Å². The fourth-order valence-corrected chi connectivity index (χ4v) is 3.01. The number of halogens is 1. The molecule has 21 heavy (non-hydrogen) atoms. The van der Waals surface area contributed by atoms with Crippen molar-refractivity contribution in [2.24, 2.45) is 0 Å². The van der Waals surface area contributed by atoms with Crippen LogP contribution in [0.15, 0.2) is 18.2 Å². The Kier molecular flexibility index (Phi) is 3.95. The molecule has 0 saturated carbocycles. The van der Waals surface area contributed by atoms with Gasteiger partial charge in [0.15, 0.2) is 5.78 Å². The molecule has 2 saturated heterocycles. The lowest BCUT2D eigenvalue weighted by Gasteiger charge is -2.37. The summed E-state index contributed by atoms with van der Waals surface area (Å²) >= 11 is 0. The number of carbonyl (C=O) groups excluding carboxylic acids is 1. The minimum Gasteiger partial charge on any atom is -0.489 e. The van der Waals surface area contributed by atoms with Crippen molar-refractivity contribution in [3.8, 4) is 5.75 Å². The first-order valence-corrected chi connectivity index (χ1v) is 7.27. The summed E-state index contributed by atoms with van der Waals surface area (Å²) in [6, 6.07) is 4.07. The molecule has 0 N–H and O–H groups in total. The van der Waals surface area contributed by atoms with E-state index in [4.69, 9.17) is 14.2 Å². The Morgan fingerprint density at radius 1 is 1.43 bits per heavy atom. The van der Waals surface area contributed by atoms with Crippen molar-refractivity contribution in [1.82, 2.24) is 0 Å². The van der Waals surface area contributed by atoms with Gasteiger partial charge in [-0.3, -0.25) is 4.79 Å². The monoisotopic (exact) mass is 294 g/mol. The molecule has 0 radical (unpaired) electrons. The van der Waals surface area contributed by atoms with Crippen LogP contribution in [0.1, 0.15) is 36.5 Å². The second-order valence-corrected chi connectivity index (χ2v) is 5.76. The van der Waals surface area contributed by atoms with Gasteiger partial charge in [0.1, 0.15) is 17.7 Å². The minimum absolute atomic E-state index is 0.0380. The van der Waals surface area contributed by atoms with Crippen molar-refractivity contribution < 1.29 is 23.4 Å². The molecule has 4 nitrogen and oxygen atoms in total. The number of hydrogen-bond acceptors (Lipinski definition) is 4. The van der Waals surface area contributed by atoms with Crippen LogP contribution < -0.4 is 4.74 Å². The fourth-order valence-electron chi connectivity index (χ4n) is 3.01. The highest BCUT2D eigenvalue weighted by Gasteiger charge is 2.42. The maximum Gasteiger partial charge on any atom is 0.163 e. The third-order valence-electron chi connectivity index (χ3n) is 4.13. The quantitative estimate of drug-likeness (QED) is 0.804. The molecule has 0 aliphatic carbocycles. The van der Waals surface area contributed by atoms with Gasteiger partial charge in [-0.25, -0.2) is 4.39 Å². The molecule has 3 rings (SSSR count). The van der Waals surface area contributed by atoms with E-state index in [1.807, 2.05) is 0 Å². The summed E-state index contributed by atoms with van der Waals surface area (Å²) in [6.07, 6.45) is 2.33. The largest absolute Gasteiger partial charge is 0.489 e. The second kappa shape index (κ2) is 5.73. The molecule has 2 atom stereocenters. The first-order valence-electron chi connectivity index (χ1n) is 7.27. The van der Waals surface area contributed by atoms with Crippen LogP contribution in [0.5, 0.6) is 5.75 Å². The van der Waals surface area contributed by atoms with Gasteiger partial charge in [-0.1, -0.05) is 0 Å². The number of ketones is 1. The Morgan fingerprint density at radius 2 is 2.29 bits per heavy atom. The van der Waals surface area contributed by atoms with Crippen LogP contribution in [0, 0.1) is 5.82 Å². The molecule has 0 amide bonds. The molecule has 1 aromatic carbocycles. The summed E-state index contributed by atoms with van der Waals surface area (Å²) < 4.78 is 30.5. The van der Waals surface area contributed by atoms with E-state index in [-0.39, 0.29) is 17.5 Å². The van der Waals surface area contributed by atoms with Gasteiger partial charge in [-0.05, 0) is 25.1 Å². The van der Waals surface area contributed by atoms with Crippen molar-refractivity contribution in [3.63, 3.8) is 0 Å². The summed E-state index contributed by atoms with van der Waals surface area (Å²) in [5.41, 5.74) is 0.0394. The van der Waals surface area contributed by atoms with Crippen molar-refractivity contribution in [1.29, 1.82) is 0 Å². The summed E-state index contributed by atoms with van der Waals surface area (Å²) in [5.74, 6) is -0.180. The van der Waals surface area contributed by atoms with E-state index < -0.39 is 5.82 Å². The van der Waals surface area contributed by atoms with Gasteiger partial charge in [0.25, 0.3) is 0 Å². The molecule has 0 bridgehead atoms. The normalized spacial score (nSPS) is 28.8. The molecule has 1 spiro atoms.